The van der Waals surface area contributed by atoms with E-state index >= 15 is 0 Å². The van der Waals surface area contributed by atoms with E-state index in [2.05, 4.69) is 44.6 Å². The van der Waals surface area contributed by atoms with Crippen molar-refractivity contribution in [1.82, 2.24) is 9.97 Å². The molecule has 5 heteroatoms. The highest BCUT2D eigenvalue weighted by Gasteiger charge is 2.28. The fourth-order valence-electron chi connectivity index (χ4n) is 1.89. The lowest BCUT2D eigenvalue weighted by atomic mass is 10.1. The molecule has 1 aliphatic heterocycles. The summed E-state index contributed by atoms with van der Waals surface area (Å²) in [5.41, 5.74) is -0.108. The molecule has 1 aliphatic rings. The van der Waals surface area contributed by atoms with E-state index in [0.29, 0.717) is 0 Å². The van der Waals surface area contributed by atoms with E-state index in [1.807, 2.05) is 13.0 Å². The van der Waals surface area contributed by atoms with Gasteiger partial charge in [-0.15, -0.1) is 0 Å². The quantitative estimate of drug-likeness (QED) is 0.742. The standard InChI is InChI=1S/C11H16BrN3O/c1-8-13-9(12)6-10(14-8)15-4-5-16-11(2,3)7-15/h6H,4-5,7H2,1-3H3. The summed E-state index contributed by atoms with van der Waals surface area (Å²) >= 11 is 3.40. The first-order valence-corrected chi connectivity index (χ1v) is 6.16. The summed E-state index contributed by atoms with van der Waals surface area (Å²) in [7, 11) is 0. The first kappa shape index (κ1) is 11.8. The van der Waals surface area contributed by atoms with Crippen LogP contribution in [0, 0.1) is 6.92 Å². The summed E-state index contributed by atoms with van der Waals surface area (Å²) in [6.45, 7) is 8.58. The smallest absolute Gasteiger partial charge is 0.133 e. The number of hydrogen-bond donors (Lipinski definition) is 0. The molecule has 2 rings (SSSR count). The molecule has 0 bridgehead atoms. The monoisotopic (exact) mass is 285 g/mol. The fourth-order valence-corrected chi connectivity index (χ4v) is 2.35. The molecule has 0 spiro atoms. The van der Waals surface area contributed by atoms with E-state index in [9.17, 15) is 0 Å². The molecule has 0 radical (unpaired) electrons. The Hall–Kier alpha value is -0.680. The normalized spacial score (nSPS) is 19.9. The number of hydrogen-bond acceptors (Lipinski definition) is 4. The van der Waals surface area contributed by atoms with Gasteiger partial charge in [-0.05, 0) is 36.7 Å². The van der Waals surface area contributed by atoms with Gasteiger partial charge >= 0.3 is 0 Å². The van der Waals surface area contributed by atoms with Crippen LogP contribution < -0.4 is 4.90 Å². The summed E-state index contributed by atoms with van der Waals surface area (Å²) in [6.07, 6.45) is 0. The largest absolute Gasteiger partial charge is 0.372 e. The molecule has 1 aromatic heterocycles. The number of ether oxygens (including phenoxy) is 1. The van der Waals surface area contributed by atoms with Crippen LogP contribution >= 0.6 is 15.9 Å². The number of aryl methyl sites for hydroxylation is 1. The zero-order valence-electron chi connectivity index (χ0n) is 9.83. The second kappa shape index (κ2) is 4.30. The summed E-state index contributed by atoms with van der Waals surface area (Å²) in [6, 6.07) is 1.95. The SMILES string of the molecule is Cc1nc(Br)cc(N2CCOC(C)(C)C2)n1. The molecule has 1 fully saturated rings. The first-order valence-electron chi connectivity index (χ1n) is 5.36. The summed E-state index contributed by atoms with van der Waals surface area (Å²) < 4.78 is 6.51. The van der Waals surface area contributed by atoms with Crippen molar-refractivity contribution in [2.45, 2.75) is 26.4 Å². The Morgan fingerprint density at radius 3 is 2.81 bits per heavy atom. The molecule has 1 aromatic rings. The van der Waals surface area contributed by atoms with Gasteiger partial charge in [0.2, 0.25) is 0 Å². The van der Waals surface area contributed by atoms with Crippen LogP contribution in [0.25, 0.3) is 0 Å². The maximum absolute atomic E-state index is 5.68. The molecule has 0 aliphatic carbocycles. The maximum Gasteiger partial charge on any atom is 0.133 e. The molecule has 88 valence electrons. The molecule has 0 saturated carbocycles. The van der Waals surface area contributed by atoms with Gasteiger partial charge in [-0.2, -0.15) is 0 Å². The lowest BCUT2D eigenvalue weighted by molar-refractivity contribution is -0.0279. The summed E-state index contributed by atoms with van der Waals surface area (Å²) in [4.78, 5) is 10.9. The van der Waals surface area contributed by atoms with Gasteiger partial charge in [-0.3, -0.25) is 0 Å². The average molecular weight is 286 g/mol. The van der Waals surface area contributed by atoms with Gasteiger partial charge in [0.15, 0.2) is 0 Å². The van der Waals surface area contributed by atoms with Crippen LogP contribution in [0.3, 0.4) is 0 Å². The van der Waals surface area contributed by atoms with Crippen molar-refractivity contribution in [2.75, 3.05) is 24.6 Å². The maximum atomic E-state index is 5.68. The number of morpholine rings is 1. The lowest BCUT2D eigenvalue weighted by Gasteiger charge is -2.38. The van der Waals surface area contributed by atoms with Gasteiger partial charge in [-0.25, -0.2) is 9.97 Å². The highest BCUT2D eigenvalue weighted by molar-refractivity contribution is 9.10. The Kier molecular flexibility index (Phi) is 3.17. The lowest BCUT2D eigenvalue weighted by Crippen LogP contribution is -2.48. The number of anilines is 1. The van der Waals surface area contributed by atoms with Crippen LogP contribution in [-0.2, 0) is 4.74 Å². The Bertz CT molecular complexity index is 375. The zero-order valence-corrected chi connectivity index (χ0v) is 11.4. The van der Waals surface area contributed by atoms with E-state index in [4.69, 9.17) is 4.74 Å². The van der Waals surface area contributed by atoms with Crippen LogP contribution in [-0.4, -0.2) is 35.3 Å². The topological polar surface area (TPSA) is 38.2 Å². The Morgan fingerprint density at radius 2 is 2.19 bits per heavy atom. The fraction of sp³-hybridized carbons (Fsp3) is 0.636. The van der Waals surface area contributed by atoms with Crippen molar-refractivity contribution in [3.8, 4) is 0 Å². The molecule has 4 nitrogen and oxygen atoms in total. The van der Waals surface area contributed by atoms with Gasteiger partial charge in [0, 0.05) is 19.2 Å². The average Bonchev–Trinajstić information content (AvgIpc) is 2.14. The highest BCUT2D eigenvalue weighted by Crippen LogP contribution is 2.23. The minimum absolute atomic E-state index is 0.108. The number of rotatable bonds is 1. The predicted octanol–water partition coefficient (Wildman–Crippen LogP) is 2.16. The van der Waals surface area contributed by atoms with E-state index in [1.54, 1.807) is 0 Å². The Balaban J connectivity index is 2.23. The molecule has 0 amide bonds. The van der Waals surface area contributed by atoms with Crippen molar-refractivity contribution >= 4 is 21.7 Å². The zero-order chi connectivity index (χ0) is 11.8. The van der Waals surface area contributed by atoms with Gasteiger partial charge in [0.05, 0.1) is 12.2 Å². The summed E-state index contributed by atoms with van der Waals surface area (Å²) in [5.74, 6) is 1.75. The number of aromatic nitrogens is 2. The molecular formula is C11H16BrN3O. The molecule has 2 heterocycles. The second-order valence-corrected chi connectivity index (χ2v) is 5.44. The van der Waals surface area contributed by atoms with Gasteiger partial charge < -0.3 is 9.64 Å². The summed E-state index contributed by atoms with van der Waals surface area (Å²) in [5, 5.41) is 0. The van der Waals surface area contributed by atoms with Crippen LogP contribution in [0.15, 0.2) is 10.7 Å². The van der Waals surface area contributed by atoms with Crippen molar-refractivity contribution in [1.29, 1.82) is 0 Å². The van der Waals surface area contributed by atoms with Gasteiger partial charge in [-0.1, -0.05) is 0 Å². The number of nitrogens with zero attached hydrogens (tertiary/aromatic N) is 3. The number of halogens is 1. The van der Waals surface area contributed by atoms with E-state index in [0.717, 1.165) is 35.9 Å². The molecule has 1 saturated heterocycles. The third-order valence-electron chi connectivity index (χ3n) is 2.54. The molecule has 16 heavy (non-hydrogen) atoms. The van der Waals surface area contributed by atoms with E-state index < -0.39 is 0 Å². The molecule has 0 unspecified atom stereocenters. The van der Waals surface area contributed by atoms with Crippen LogP contribution in [0.5, 0.6) is 0 Å². The highest BCUT2D eigenvalue weighted by atomic mass is 79.9. The third kappa shape index (κ3) is 2.71. The second-order valence-electron chi connectivity index (χ2n) is 4.63. The minimum atomic E-state index is -0.108. The van der Waals surface area contributed by atoms with E-state index in [-0.39, 0.29) is 5.60 Å². The Morgan fingerprint density at radius 1 is 1.44 bits per heavy atom. The third-order valence-corrected chi connectivity index (χ3v) is 2.95. The van der Waals surface area contributed by atoms with E-state index in [1.165, 1.54) is 0 Å². The van der Waals surface area contributed by atoms with Crippen molar-refractivity contribution < 1.29 is 4.74 Å². The molecule has 0 atom stereocenters. The Labute approximate surface area is 104 Å². The van der Waals surface area contributed by atoms with Crippen LogP contribution in [0.4, 0.5) is 5.82 Å². The molecule has 0 N–H and O–H groups in total. The molecule has 0 aromatic carbocycles. The first-order chi connectivity index (χ1) is 7.46. The van der Waals surface area contributed by atoms with Crippen molar-refractivity contribution in [3.05, 3.63) is 16.5 Å². The van der Waals surface area contributed by atoms with Crippen molar-refractivity contribution in [2.24, 2.45) is 0 Å². The predicted molar refractivity (Wildman–Crippen MR) is 66.7 cm³/mol. The van der Waals surface area contributed by atoms with Crippen LogP contribution in [0.2, 0.25) is 0 Å². The molecular weight excluding hydrogens is 270 g/mol. The van der Waals surface area contributed by atoms with Gasteiger partial charge in [0.1, 0.15) is 16.2 Å². The van der Waals surface area contributed by atoms with Gasteiger partial charge in [0.25, 0.3) is 0 Å². The minimum Gasteiger partial charge on any atom is -0.372 e. The van der Waals surface area contributed by atoms with Crippen molar-refractivity contribution in [3.63, 3.8) is 0 Å². The van der Waals surface area contributed by atoms with Crippen LogP contribution in [0.1, 0.15) is 19.7 Å².